The van der Waals surface area contributed by atoms with Crippen LogP contribution in [0.2, 0.25) is 0 Å². The van der Waals surface area contributed by atoms with Crippen LogP contribution in [0.25, 0.3) is 0 Å². The van der Waals surface area contributed by atoms with Crippen molar-refractivity contribution in [3.05, 3.63) is 33.9 Å². The number of esters is 1. The fourth-order valence-electron chi connectivity index (χ4n) is 1.91. The van der Waals surface area contributed by atoms with Gasteiger partial charge in [-0.2, -0.15) is 0 Å². The molecule has 2 amide bonds. The van der Waals surface area contributed by atoms with Crippen molar-refractivity contribution in [3.63, 3.8) is 0 Å². The van der Waals surface area contributed by atoms with E-state index in [2.05, 4.69) is 5.32 Å². The van der Waals surface area contributed by atoms with Crippen LogP contribution in [0.5, 0.6) is 5.75 Å². The number of amides is 2. The van der Waals surface area contributed by atoms with E-state index in [-0.39, 0.29) is 29.5 Å². The van der Waals surface area contributed by atoms with E-state index in [9.17, 15) is 24.5 Å². The number of ether oxygens (including phenoxy) is 2. The van der Waals surface area contributed by atoms with Crippen molar-refractivity contribution in [1.29, 1.82) is 0 Å². The zero-order valence-corrected chi connectivity index (χ0v) is 14.8. The number of methoxy groups -OCH3 is 1. The van der Waals surface area contributed by atoms with Crippen LogP contribution < -0.4 is 10.1 Å². The molecule has 10 nitrogen and oxygen atoms in total. The molecule has 0 spiro atoms. The molecule has 0 radical (unpaired) electrons. The molecular formula is C16H21N3O7. The third-order valence-corrected chi connectivity index (χ3v) is 3.32. The van der Waals surface area contributed by atoms with Gasteiger partial charge in [0.1, 0.15) is 11.3 Å². The van der Waals surface area contributed by atoms with Gasteiger partial charge in [0.25, 0.3) is 11.6 Å². The second kappa shape index (κ2) is 9.97. The summed E-state index contributed by atoms with van der Waals surface area (Å²) < 4.78 is 9.86. The molecule has 0 saturated carbocycles. The summed E-state index contributed by atoms with van der Waals surface area (Å²) in [6, 6.07) is 3.46. The van der Waals surface area contributed by atoms with E-state index in [1.807, 2.05) is 6.92 Å². The summed E-state index contributed by atoms with van der Waals surface area (Å²) in [5, 5.41) is 13.4. The minimum absolute atomic E-state index is 0.0837. The van der Waals surface area contributed by atoms with Crippen molar-refractivity contribution in [2.45, 2.75) is 13.3 Å². The number of nitrogens with one attached hydrogen (secondary N) is 1. The molecule has 1 aromatic carbocycles. The van der Waals surface area contributed by atoms with Crippen LogP contribution in [0, 0.1) is 10.1 Å². The van der Waals surface area contributed by atoms with Crippen LogP contribution in [-0.2, 0) is 14.3 Å². The Morgan fingerprint density at radius 1 is 1.31 bits per heavy atom. The molecule has 0 aliphatic rings. The number of carbonyl (C=O) groups excluding carboxylic acids is 3. The van der Waals surface area contributed by atoms with Crippen LogP contribution in [0.15, 0.2) is 18.2 Å². The highest BCUT2D eigenvalue weighted by Crippen LogP contribution is 2.24. The molecule has 0 heterocycles. The predicted octanol–water partition coefficient (Wildman–Crippen LogP) is 0.745. The van der Waals surface area contributed by atoms with Crippen LogP contribution in [0.1, 0.15) is 23.7 Å². The van der Waals surface area contributed by atoms with Crippen LogP contribution in [0.4, 0.5) is 5.69 Å². The third kappa shape index (κ3) is 6.04. The molecule has 0 bridgehead atoms. The SMILES string of the molecule is CCCNC(=O)CN(C)C(=O)COC(=O)c1cc([N+](=O)[O-])ccc1OC. The average molecular weight is 367 g/mol. The molecule has 0 aliphatic heterocycles. The Hall–Kier alpha value is -3.17. The Bertz CT molecular complexity index is 690. The highest BCUT2D eigenvalue weighted by Gasteiger charge is 2.21. The molecule has 10 heteroatoms. The Kier molecular flexibility index (Phi) is 8.00. The quantitative estimate of drug-likeness (QED) is 0.387. The molecule has 0 saturated heterocycles. The lowest BCUT2D eigenvalue weighted by molar-refractivity contribution is -0.384. The molecule has 0 aliphatic carbocycles. The molecule has 142 valence electrons. The lowest BCUT2D eigenvalue weighted by Gasteiger charge is -2.16. The Morgan fingerprint density at radius 3 is 2.58 bits per heavy atom. The molecule has 26 heavy (non-hydrogen) atoms. The van der Waals surface area contributed by atoms with Gasteiger partial charge in [-0.25, -0.2) is 4.79 Å². The normalized spacial score (nSPS) is 9.96. The number of hydrogen-bond acceptors (Lipinski definition) is 7. The maximum atomic E-state index is 12.1. The number of rotatable bonds is 9. The predicted molar refractivity (Wildman–Crippen MR) is 90.9 cm³/mol. The Balaban J connectivity index is 2.68. The van der Waals surface area contributed by atoms with E-state index < -0.39 is 23.4 Å². The minimum atomic E-state index is -0.942. The highest BCUT2D eigenvalue weighted by molar-refractivity contribution is 5.95. The van der Waals surface area contributed by atoms with Crippen molar-refractivity contribution < 1.29 is 28.8 Å². The monoisotopic (exact) mass is 367 g/mol. The summed E-state index contributed by atoms with van der Waals surface area (Å²) in [7, 11) is 2.70. The van der Waals surface area contributed by atoms with Crippen molar-refractivity contribution in [2.24, 2.45) is 0 Å². The third-order valence-electron chi connectivity index (χ3n) is 3.32. The van der Waals surface area contributed by atoms with E-state index in [0.717, 1.165) is 17.4 Å². The zero-order valence-electron chi connectivity index (χ0n) is 14.8. The van der Waals surface area contributed by atoms with Gasteiger partial charge in [0.2, 0.25) is 5.91 Å². The van der Waals surface area contributed by atoms with Gasteiger partial charge in [-0.05, 0) is 12.5 Å². The van der Waals surface area contributed by atoms with Crippen molar-refractivity contribution >= 4 is 23.5 Å². The lowest BCUT2D eigenvalue weighted by Crippen LogP contribution is -2.40. The molecular weight excluding hydrogens is 346 g/mol. The lowest BCUT2D eigenvalue weighted by atomic mass is 10.2. The second-order valence-electron chi connectivity index (χ2n) is 5.32. The summed E-state index contributed by atoms with van der Waals surface area (Å²) in [6.07, 6.45) is 0.770. The number of nitro benzene ring substituents is 1. The number of benzene rings is 1. The van der Waals surface area contributed by atoms with Crippen LogP contribution in [0.3, 0.4) is 0 Å². The van der Waals surface area contributed by atoms with Gasteiger partial charge in [0.05, 0.1) is 18.6 Å². The fourth-order valence-corrected chi connectivity index (χ4v) is 1.91. The number of nitro groups is 1. The Morgan fingerprint density at radius 2 is 2.00 bits per heavy atom. The molecule has 0 fully saturated rings. The number of hydrogen-bond donors (Lipinski definition) is 1. The molecule has 0 aromatic heterocycles. The Labute approximate surface area is 150 Å². The summed E-state index contributed by atoms with van der Waals surface area (Å²) in [6.45, 7) is 1.62. The molecule has 0 unspecified atom stereocenters. The maximum Gasteiger partial charge on any atom is 0.342 e. The molecule has 1 aromatic rings. The standard InChI is InChI=1S/C16H21N3O7/c1-4-7-17-14(20)9-18(2)15(21)10-26-16(22)12-8-11(19(23)24)5-6-13(12)25-3/h5-6,8H,4,7,9-10H2,1-3H3,(H,17,20). The van der Waals surface area contributed by atoms with Crippen molar-refractivity contribution in [1.82, 2.24) is 10.2 Å². The maximum absolute atomic E-state index is 12.1. The number of non-ortho nitro benzene ring substituents is 1. The first-order chi connectivity index (χ1) is 12.3. The first kappa shape index (κ1) is 20.9. The van der Waals surface area contributed by atoms with Gasteiger partial charge in [0, 0.05) is 25.7 Å². The summed E-state index contributed by atoms with van der Waals surface area (Å²) >= 11 is 0. The van der Waals surface area contributed by atoms with Crippen molar-refractivity contribution in [2.75, 3.05) is 33.9 Å². The average Bonchev–Trinajstić information content (AvgIpc) is 2.63. The van der Waals surface area contributed by atoms with E-state index in [1.54, 1.807) is 0 Å². The number of nitrogens with zero attached hydrogens (tertiary/aromatic N) is 2. The van der Waals surface area contributed by atoms with Gasteiger partial charge in [-0.1, -0.05) is 6.92 Å². The molecule has 0 atom stereocenters. The van der Waals surface area contributed by atoms with Crippen molar-refractivity contribution in [3.8, 4) is 5.75 Å². The minimum Gasteiger partial charge on any atom is -0.496 e. The summed E-state index contributed by atoms with van der Waals surface area (Å²) in [4.78, 5) is 46.9. The zero-order chi connectivity index (χ0) is 19.7. The van der Waals surface area contributed by atoms with Crippen LogP contribution >= 0.6 is 0 Å². The van der Waals surface area contributed by atoms with E-state index in [4.69, 9.17) is 9.47 Å². The first-order valence-electron chi connectivity index (χ1n) is 7.80. The second-order valence-corrected chi connectivity index (χ2v) is 5.32. The van der Waals surface area contributed by atoms with Crippen LogP contribution in [-0.4, -0.2) is 61.5 Å². The van der Waals surface area contributed by atoms with Gasteiger partial charge >= 0.3 is 5.97 Å². The summed E-state index contributed by atoms with van der Waals surface area (Å²) in [5.74, 6) is -1.77. The summed E-state index contributed by atoms with van der Waals surface area (Å²) in [5.41, 5.74) is -0.480. The van der Waals surface area contributed by atoms with Gasteiger partial charge < -0.3 is 19.7 Å². The smallest absolute Gasteiger partial charge is 0.342 e. The topological polar surface area (TPSA) is 128 Å². The largest absolute Gasteiger partial charge is 0.496 e. The first-order valence-corrected chi connectivity index (χ1v) is 7.80. The van der Waals surface area contributed by atoms with E-state index in [0.29, 0.717) is 6.54 Å². The number of likely N-dealkylation sites (N-methyl/N-ethyl adjacent to an activating group) is 1. The van der Waals surface area contributed by atoms with E-state index in [1.165, 1.54) is 26.3 Å². The highest BCUT2D eigenvalue weighted by atomic mass is 16.6. The molecule has 1 N–H and O–H groups in total. The number of carbonyl (C=O) groups is 3. The fraction of sp³-hybridized carbons (Fsp3) is 0.438. The van der Waals surface area contributed by atoms with Gasteiger partial charge in [-0.15, -0.1) is 0 Å². The molecule has 1 rings (SSSR count). The van der Waals surface area contributed by atoms with E-state index >= 15 is 0 Å². The van der Waals surface area contributed by atoms with Gasteiger partial charge in [0.15, 0.2) is 6.61 Å². The van der Waals surface area contributed by atoms with Gasteiger partial charge in [-0.3, -0.25) is 19.7 Å².